The summed E-state index contributed by atoms with van der Waals surface area (Å²) in [7, 11) is 0. The standard InChI is InChI=1S/C16H17NO3S/c1-21-15-5-3-2-4-14(15)19-9-12-7-13(17)6-11-8-18-10-20-16(11)12/h2-7H,8-10,17H2,1H3. The second-order valence-electron chi connectivity index (χ2n) is 4.72. The summed E-state index contributed by atoms with van der Waals surface area (Å²) in [5.74, 6) is 1.70. The number of fused-ring (bicyclic) bond motifs is 1. The highest BCUT2D eigenvalue weighted by molar-refractivity contribution is 7.98. The lowest BCUT2D eigenvalue weighted by Crippen LogP contribution is -2.14. The third-order valence-corrected chi connectivity index (χ3v) is 4.04. The van der Waals surface area contributed by atoms with Crippen molar-refractivity contribution in [3.05, 3.63) is 47.5 Å². The molecule has 0 atom stereocenters. The van der Waals surface area contributed by atoms with Gasteiger partial charge in [0.1, 0.15) is 18.1 Å². The molecule has 1 heterocycles. The molecular formula is C16H17NO3S. The fourth-order valence-corrected chi connectivity index (χ4v) is 2.87. The Morgan fingerprint density at radius 3 is 3.00 bits per heavy atom. The quantitative estimate of drug-likeness (QED) is 0.692. The van der Waals surface area contributed by atoms with Crippen LogP contribution in [0.4, 0.5) is 5.69 Å². The lowest BCUT2D eigenvalue weighted by molar-refractivity contribution is -0.0175. The summed E-state index contributed by atoms with van der Waals surface area (Å²) in [5.41, 5.74) is 8.55. The molecular weight excluding hydrogens is 286 g/mol. The predicted octanol–water partition coefficient (Wildman–Crippen LogP) is 3.44. The van der Waals surface area contributed by atoms with Crippen molar-refractivity contribution in [1.29, 1.82) is 0 Å². The molecule has 2 aromatic carbocycles. The van der Waals surface area contributed by atoms with Crippen molar-refractivity contribution in [1.82, 2.24) is 0 Å². The van der Waals surface area contributed by atoms with Gasteiger partial charge in [-0.05, 0) is 30.5 Å². The fourth-order valence-electron chi connectivity index (χ4n) is 2.33. The fraction of sp³-hybridized carbons (Fsp3) is 0.250. The van der Waals surface area contributed by atoms with E-state index in [4.69, 9.17) is 19.9 Å². The van der Waals surface area contributed by atoms with Gasteiger partial charge in [-0.3, -0.25) is 0 Å². The molecule has 0 radical (unpaired) electrons. The van der Waals surface area contributed by atoms with E-state index in [-0.39, 0.29) is 6.79 Å². The van der Waals surface area contributed by atoms with Gasteiger partial charge in [0.25, 0.3) is 0 Å². The van der Waals surface area contributed by atoms with Crippen LogP contribution in [0.1, 0.15) is 11.1 Å². The van der Waals surface area contributed by atoms with E-state index < -0.39 is 0 Å². The van der Waals surface area contributed by atoms with E-state index in [1.807, 2.05) is 42.7 Å². The molecule has 0 saturated heterocycles. The second kappa shape index (κ2) is 6.28. The van der Waals surface area contributed by atoms with Gasteiger partial charge >= 0.3 is 0 Å². The highest BCUT2D eigenvalue weighted by atomic mass is 32.2. The largest absolute Gasteiger partial charge is 0.488 e. The summed E-state index contributed by atoms with van der Waals surface area (Å²) in [4.78, 5) is 1.11. The van der Waals surface area contributed by atoms with Gasteiger partial charge in [-0.25, -0.2) is 0 Å². The Morgan fingerprint density at radius 2 is 2.14 bits per heavy atom. The van der Waals surface area contributed by atoms with Crippen LogP contribution in [0.25, 0.3) is 0 Å². The van der Waals surface area contributed by atoms with E-state index in [9.17, 15) is 0 Å². The van der Waals surface area contributed by atoms with Crippen LogP contribution in [0.3, 0.4) is 0 Å². The van der Waals surface area contributed by atoms with E-state index in [0.717, 1.165) is 27.5 Å². The van der Waals surface area contributed by atoms with Crippen molar-refractivity contribution < 1.29 is 14.2 Å². The van der Waals surface area contributed by atoms with Gasteiger partial charge in [0, 0.05) is 21.7 Å². The number of nitrogens with two attached hydrogens (primary N) is 1. The number of ether oxygens (including phenoxy) is 3. The zero-order chi connectivity index (χ0) is 14.7. The van der Waals surface area contributed by atoms with Crippen LogP contribution in [0.5, 0.6) is 11.5 Å². The minimum Gasteiger partial charge on any atom is -0.488 e. The maximum Gasteiger partial charge on any atom is 0.189 e. The summed E-state index contributed by atoms with van der Waals surface area (Å²) < 4.78 is 16.8. The van der Waals surface area contributed by atoms with Gasteiger partial charge in [0.05, 0.1) is 6.61 Å². The minimum atomic E-state index is 0.269. The average Bonchev–Trinajstić information content (AvgIpc) is 2.52. The number of anilines is 1. The third kappa shape index (κ3) is 3.09. The van der Waals surface area contributed by atoms with Crippen molar-refractivity contribution in [2.75, 3.05) is 18.8 Å². The first-order valence-electron chi connectivity index (χ1n) is 6.65. The Bertz CT molecular complexity index is 645. The molecule has 0 spiro atoms. The molecule has 0 aromatic heterocycles. The van der Waals surface area contributed by atoms with Gasteiger partial charge in [-0.2, -0.15) is 0 Å². The van der Waals surface area contributed by atoms with Crippen molar-refractivity contribution in [3.63, 3.8) is 0 Å². The molecule has 1 aliphatic rings. The zero-order valence-electron chi connectivity index (χ0n) is 11.8. The number of benzene rings is 2. The molecule has 1 aliphatic heterocycles. The Morgan fingerprint density at radius 1 is 1.29 bits per heavy atom. The lowest BCUT2D eigenvalue weighted by atomic mass is 10.1. The first-order chi connectivity index (χ1) is 10.3. The maximum atomic E-state index is 5.94. The van der Waals surface area contributed by atoms with E-state index in [1.54, 1.807) is 11.8 Å². The third-order valence-electron chi connectivity index (χ3n) is 3.26. The van der Waals surface area contributed by atoms with Crippen molar-refractivity contribution in [2.45, 2.75) is 18.1 Å². The normalized spacial score (nSPS) is 13.4. The van der Waals surface area contributed by atoms with E-state index in [1.165, 1.54) is 0 Å². The van der Waals surface area contributed by atoms with Crippen LogP contribution >= 0.6 is 11.8 Å². The summed E-state index contributed by atoms with van der Waals surface area (Å²) in [6.07, 6.45) is 2.03. The van der Waals surface area contributed by atoms with Crippen molar-refractivity contribution in [2.24, 2.45) is 0 Å². The highest BCUT2D eigenvalue weighted by Crippen LogP contribution is 2.33. The second-order valence-corrected chi connectivity index (χ2v) is 5.57. The molecule has 110 valence electrons. The molecule has 0 unspecified atom stereocenters. The van der Waals surface area contributed by atoms with Crippen LogP contribution in [0, 0.1) is 0 Å². The SMILES string of the molecule is CSc1ccccc1OCc1cc(N)cc2c1OCOC2. The van der Waals surface area contributed by atoms with Crippen molar-refractivity contribution >= 4 is 17.4 Å². The van der Waals surface area contributed by atoms with Gasteiger partial charge < -0.3 is 19.9 Å². The van der Waals surface area contributed by atoms with Gasteiger partial charge in [0.2, 0.25) is 0 Å². The lowest BCUT2D eigenvalue weighted by Gasteiger charge is -2.21. The van der Waals surface area contributed by atoms with Crippen LogP contribution in [-0.2, 0) is 18.0 Å². The highest BCUT2D eigenvalue weighted by Gasteiger charge is 2.16. The maximum absolute atomic E-state index is 5.94. The van der Waals surface area contributed by atoms with Crippen LogP contribution in [-0.4, -0.2) is 13.0 Å². The van der Waals surface area contributed by atoms with Gasteiger partial charge in [-0.1, -0.05) is 12.1 Å². The molecule has 21 heavy (non-hydrogen) atoms. The molecule has 3 rings (SSSR count). The smallest absolute Gasteiger partial charge is 0.189 e. The predicted molar refractivity (Wildman–Crippen MR) is 83.7 cm³/mol. The molecule has 0 aliphatic carbocycles. The Balaban J connectivity index is 1.83. The summed E-state index contributed by atoms with van der Waals surface area (Å²) in [6.45, 7) is 1.21. The Labute approximate surface area is 128 Å². The van der Waals surface area contributed by atoms with E-state index >= 15 is 0 Å². The Kier molecular flexibility index (Phi) is 4.22. The number of para-hydroxylation sites is 1. The number of thioether (sulfide) groups is 1. The molecule has 4 nitrogen and oxygen atoms in total. The Hall–Kier alpha value is -1.85. The molecule has 0 saturated carbocycles. The zero-order valence-corrected chi connectivity index (χ0v) is 12.6. The number of hydrogen-bond donors (Lipinski definition) is 1. The van der Waals surface area contributed by atoms with Gasteiger partial charge in [-0.15, -0.1) is 11.8 Å². The van der Waals surface area contributed by atoms with Gasteiger partial charge in [0.15, 0.2) is 6.79 Å². The van der Waals surface area contributed by atoms with Crippen LogP contribution in [0.2, 0.25) is 0 Å². The van der Waals surface area contributed by atoms with E-state index in [2.05, 4.69) is 0 Å². The topological polar surface area (TPSA) is 53.7 Å². The molecule has 2 aromatic rings. The molecule has 0 bridgehead atoms. The van der Waals surface area contributed by atoms with Crippen LogP contribution in [0.15, 0.2) is 41.3 Å². The monoisotopic (exact) mass is 303 g/mol. The van der Waals surface area contributed by atoms with E-state index in [0.29, 0.717) is 18.9 Å². The first-order valence-corrected chi connectivity index (χ1v) is 7.88. The molecule has 0 amide bonds. The molecule has 5 heteroatoms. The summed E-state index contributed by atoms with van der Waals surface area (Å²) >= 11 is 1.66. The molecule has 0 fully saturated rings. The average molecular weight is 303 g/mol. The minimum absolute atomic E-state index is 0.269. The molecule has 2 N–H and O–H groups in total. The first kappa shape index (κ1) is 14.1. The number of hydrogen-bond acceptors (Lipinski definition) is 5. The van der Waals surface area contributed by atoms with Crippen LogP contribution < -0.4 is 15.2 Å². The van der Waals surface area contributed by atoms with Crippen molar-refractivity contribution in [3.8, 4) is 11.5 Å². The summed E-state index contributed by atoms with van der Waals surface area (Å²) in [5, 5.41) is 0. The number of rotatable bonds is 4. The number of nitrogen functional groups attached to an aromatic ring is 1. The summed E-state index contributed by atoms with van der Waals surface area (Å²) in [6, 6.07) is 11.8.